The molecule has 0 atom stereocenters. The Bertz CT molecular complexity index is 533. The Labute approximate surface area is 124 Å². The van der Waals surface area contributed by atoms with Crippen molar-refractivity contribution < 1.29 is 9.64 Å². The molecule has 0 spiro atoms. The third kappa shape index (κ3) is 2.97. The number of hydrogen-bond acceptors (Lipinski definition) is 3. The van der Waals surface area contributed by atoms with Crippen molar-refractivity contribution in [1.29, 1.82) is 0 Å². The van der Waals surface area contributed by atoms with Crippen molar-refractivity contribution in [2.24, 2.45) is 0 Å². The maximum Gasteiger partial charge on any atom is 0.142 e. The highest BCUT2D eigenvalue weighted by Crippen LogP contribution is 2.27. The molecule has 2 heterocycles. The maximum absolute atomic E-state index is 5.46. The summed E-state index contributed by atoms with van der Waals surface area (Å²) in [6, 6.07) is 10.6. The number of para-hydroxylation sites is 2. The average molecular weight is 289 g/mol. The van der Waals surface area contributed by atoms with Gasteiger partial charge in [0.05, 0.1) is 39.0 Å². The second-order valence-electron chi connectivity index (χ2n) is 5.22. The standard InChI is InChI=1S/C16H20N2OS/c1-19-16-5-3-2-4-15(16)18-9-7-17(8-10-18)12-14-6-11-20-13-14/h2-6,11,13H,7-10,12H2,1H3/p+1. The van der Waals surface area contributed by atoms with Gasteiger partial charge in [-0.25, -0.2) is 0 Å². The van der Waals surface area contributed by atoms with Crippen LogP contribution in [0.4, 0.5) is 5.69 Å². The molecule has 0 unspecified atom stereocenters. The van der Waals surface area contributed by atoms with Crippen LogP contribution in [-0.4, -0.2) is 33.3 Å². The molecular formula is C16H21N2OS+. The lowest BCUT2D eigenvalue weighted by molar-refractivity contribution is -0.914. The summed E-state index contributed by atoms with van der Waals surface area (Å²) in [5, 5.41) is 4.43. The zero-order valence-electron chi connectivity index (χ0n) is 11.8. The van der Waals surface area contributed by atoms with Gasteiger partial charge < -0.3 is 14.5 Å². The summed E-state index contributed by atoms with van der Waals surface area (Å²) < 4.78 is 5.46. The van der Waals surface area contributed by atoms with Crippen LogP contribution in [0.15, 0.2) is 41.1 Å². The predicted molar refractivity (Wildman–Crippen MR) is 83.9 cm³/mol. The Kier molecular flexibility index (Phi) is 4.23. The summed E-state index contributed by atoms with van der Waals surface area (Å²) in [6.45, 7) is 5.73. The normalized spacial score (nSPS) is 16.4. The predicted octanol–water partition coefficient (Wildman–Crippen LogP) is 1.66. The monoisotopic (exact) mass is 289 g/mol. The first-order valence-corrected chi connectivity index (χ1v) is 8.03. The number of benzene rings is 1. The number of hydrogen-bond donors (Lipinski definition) is 1. The first-order valence-electron chi connectivity index (χ1n) is 7.09. The molecule has 0 radical (unpaired) electrons. The minimum Gasteiger partial charge on any atom is -0.495 e. The number of rotatable bonds is 4. The van der Waals surface area contributed by atoms with Crippen LogP contribution in [0, 0.1) is 0 Å². The Morgan fingerprint density at radius 1 is 1.20 bits per heavy atom. The molecule has 106 valence electrons. The van der Waals surface area contributed by atoms with Crippen LogP contribution in [0.2, 0.25) is 0 Å². The number of piperazine rings is 1. The molecule has 0 aliphatic carbocycles. The lowest BCUT2D eigenvalue weighted by Gasteiger charge is -2.34. The lowest BCUT2D eigenvalue weighted by atomic mass is 10.2. The molecule has 1 aromatic carbocycles. The van der Waals surface area contributed by atoms with Gasteiger partial charge in [0.25, 0.3) is 0 Å². The van der Waals surface area contributed by atoms with E-state index < -0.39 is 0 Å². The van der Waals surface area contributed by atoms with Crippen LogP contribution in [0.3, 0.4) is 0 Å². The molecule has 3 nitrogen and oxygen atoms in total. The van der Waals surface area contributed by atoms with Gasteiger partial charge in [0, 0.05) is 5.56 Å². The van der Waals surface area contributed by atoms with Crippen molar-refractivity contribution >= 4 is 17.0 Å². The van der Waals surface area contributed by atoms with Crippen LogP contribution in [0.25, 0.3) is 0 Å². The Morgan fingerprint density at radius 3 is 2.70 bits per heavy atom. The van der Waals surface area contributed by atoms with E-state index in [4.69, 9.17) is 4.74 Å². The number of thiophene rings is 1. The van der Waals surface area contributed by atoms with Gasteiger partial charge in [-0.2, -0.15) is 11.3 Å². The maximum atomic E-state index is 5.46. The van der Waals surface area contributed by atoms with Gasteiger partial charge >= 0.3 is 0 Å². The molecule has 1 N–H and O–H groups in total. The summed E-state index contributed by atoms with van der Waals surface area (Å²) in [5.41, 5.74) is 2.69. The van der Waals surface area contributed by atoms with Gasteiger partial charge in [-0.1, -0.05) is 12.1 Å². The van der Waals surface area contributed by atoms with Gasteiger partial charge in [0.15, 0.2) is 0 Å². The van der Waals surface area contributed by atoms with E-state index in [0.29, 0.717) is 0 Å². The van der Waals surface area contributed by atoms with Crippen LogP contribution < -0.4 is 14.5 Å². The van der Waals surface area contributed by atoms with Crippen LogP contribution in [0.5, 0.6) is 5.75 Å². The van der Waals surface area contributed by atoms with E-state index in [1.807, 2.05) is 12.1 Å². The molecule has 0 saturated carbocycles. The summed E-state index contributed by atoms with van der Waals surface area (Å²) in [7, 11) is 1.75. The molecule has 1 saturated heterocycles. The molecule has 3 rings (SSSR count). The Morgan fingerprint density at radius 2 is 2.00 bits per heavy atom. The van der Waals surface area contributed by atoms with Gasteiger partial charge in [0.2, 0.25) is 0 Å². The number of nitrogens with one attached hydrogen (secondary N) is 1. The molecule has 0 bridgehead atoms. The molecule has 20 heavy (non-hydrogen) atoms. The SMILES string of the molecule is COc1ccccc1N1CC[NH+](Cc2ccsc2)CC1. The zero-order valence-corrected chi connectivity index (χ0v) is 12.7. The number of ether oxygens (including phenoxy) is 1. The van der Waals surface area contributed by atoms with Crippen molar-refractivity contribution in [2.75, 3.05) is 38.2 Å². The highest BCUT2D eigenvalue weighted by molar-refractivity contribution is 7.07. The van der Waals surface area contributed by atoms with E-state index in [-0.39, 0.29) is 0 Å². The first-order chi connectivity index (χ1) is 9.86. The number of nitrogens with zero attached hydrogens (tertiary/aromatic N) is 1. The van der Waals surface area contributed by atoms with E-state index >= 15 is 0 Å². The topological polar surface area (TPSA) is 16.9 Å². The van der Waals surface area contributed by atoms with Crippen molar-refractivity contribution in [2.45, 2.75) is 6.54 Å². The summed E-state index contributed by atoms with van der Waals surface area (Å²) in [6.07, 6.45) is 0. The van der Waals surface area contributed by atoms with E-state index in [0.717, 1.165) is 25.4 Å². The van der Waals surface area contributed by atoms with Crippen LogP contribution in [0.1, 0.15) is 5.56 Å². The van der Waals surface area contributed by atoms with Gasteiger partial charge in [-0.05, 0) is 29.0 Å². The van der Waals surface area contributed by atoms with E-state index in [9.17, 15) is 0 Å². The Hall–Kier alpha value is -1.52. The molecule has 1 aliphatic heterocycles. The average Bonchev–Trinajstić information content (AvgIpc) is 3.01. The smallest absolute Gasteiger partial charge is 0.142 e. The van der Waals surface area contributed by atoms with E-state index in [1.165, 1.54) is 24.3 Å². The molecule has 4 heteroatoms. The quantitative estimate of drug-likeness (QED) is 0.922. The minimum atomic E-state index is 0.980. The van der Waals surface area contributed by atoms with Crippen LogP contribution in [-0.2, 0) is 6.54 Å². The number of anilines is 1. The van der Waals surface area contributed by atoms with Crippen molar-refractivity contribution in [3.63, 3.8) is 0 Å². The molecule has 0 amide bonds. The fourth-order valence-corrected chi connectivity index (χ4v) is 3.48. The molecule has 1 aromatic heterocycles. The molecule has 2 aromatic rings. The van der Waals surface area contributed by atoms with Crippen molar-refractivity contribution in [3.8, 4) is 5.75 Å². The van der Waals surface area contributed by atoms with Gasteiger partial charge in [0.1, 0.15) is 12.3 Å². The molecule has 1 fully saturated rings. The molecule has 1 aliphatic rings. The zero-order chi connectivity index (χ0) is 13.8. The summed E-state index contributed by atoms with van der Waals surface area (Å²) in [5.74, 6) is 0.980. The van der Waals surface area contributed by atoms with Gasteiger partial charge in [-0.15, -0.1) is 0 Å². The second-order valence-corrected chi connectivity index (χ2v) is 6.00. The van der Waals surface area contributed by atoms with Crippen molar-refractivity contribution in [1.82, 2.24) is 0 Å². The first kappa shape index (κ1) is 13.5. The highest BCUT2D eigenvalue weighted by atomic mass is 32.1. The minimum absolute atomic E-state index is 0.980. The number of methoxy groups -OCH3 is 1. The third-order valence-electron chi connectivity index (χ3n) is 3.93. The summed E-state index contributed by atoms with van der Waals surface area (Å²) in [4.78, 5) is 4.12. The fourth-order valence-electron chi connectivity index (χ4n) is 2.81. The van der Waals surface area contributed by atoms with E-state index in [2.05, 4.69) is 33.9 Å². The molecular weight excluding hydrogens is 268 g/mol. The summed E-state index contributed by atoms with van der Waals surface area (Å²) >= 11 is 1.79. The lowest BCUT2D eigenvalue weighted by Crippen LogP contribution is -3.13. The van der Waals surface area contributed by atoms with Crippen molar-refractivity contribution in [3.05, 3.63) is 46.7 Å². The van der Waals surface area contributed by atoms with E-state index in [1.54, 1.807) is 23.3 Å². The third-order valence-corrected chi connectivity index (χ3v) is 4.66. The Balaban J connectivity index is 1.60. The van der Waals surface area contributed by atoms with Crippen LogP contribution >= 0.6 is 11.3 Å². The highest BCUT2D eigenvalue weighted by Gasteiger charge is 2.22. The number of quaternary nitrogens is 1. The fraction of sp³-hybridized carbons (Fsp3) is 0.375. The van der Waals surface area contributed by atoms with Gasteiger partial charge in [-0.3, -0.25) is 0 Å². The largest absolute Gasteiger partial charge is 0.495 e. The second kappa shape index (κ2) is 6.29.